The first-order valence-corrected chi connectivity index (χ1v) is 6.84. The number of hydrogen-bond acceptors (Lipinski definition) is 0. The molecule has 0 radical (unpaired) electrons. The summed E-state index contributed by atoms with van der Waals surface area (Å²) in [6.45, 7) is 6.56. The van der Waals surface area contributed by atoms with Gasteiger partial charge in [0, 0.05) is 10.4 Å². The lowest BCUT2D eigenvalue weighted by Crippen LogP contribution is -2.24. The lowest BCUT2D eigenvalue weighted by atomic mass is 9.78. The van der Waals surface area contributed by atoms with Gasteiger partial charge in [-0.2, -0.15) is 0 Å². The first-order chi connectivity index (χ1) is 7.34. The SMILES string of the molecule is CC(C)(C)C(CBr)Cc1cc(F)ccc1Cl. The third-order valence-corrected chi connectivity index (χ3v) is 4.04. The lowest BCUT2D eigenvalue weighted by molar-refractivity contribution is 0.266. The van der Waals surface area contributed by atoms with Gasteiger partial charge in [-0.15, -0.1) is 0 Å². The molecule has 0 spiro atoms. The fraction of sp³-hybridized carbons (Fsp3) is 0.538. The fourth-order valence-electron chi connectivity index (χ4n) is 1.56. The normalized spacial score (nSPS) is 13.9. The molecular formula is C13H17BrClF. The van der Waals surface area contributed by atoms with Crippen molar-refractivity contribution in [3.63, 3.8) is 0 Å². The third kappa shape index (κ3) is 3.74. The molecule has 0 nitrogen and oxygen atoms in total. The van der Waals surface area contributed by atoms with Crippen LogP contribution in [-0.2, 0) is 6.42 Å². The Balaban J connectivity index is 2.90. The number of alkyl halides is 1. The van der Waals surface area contributed by atoms with E-state index in [1.165, 1.54) is 12.1 Å². The van der Waals surface area contributed by atoms with Crippen molar-refractivity contribution >= 4 is 27.5 Å². The summed E-state index contributed by atoms with van der Waals surface area (Å²) in [5.74, 6) is 0.216. The molecule has 0 N–H and O–H groups in total. The summed E-state index contributed by atoms with van der Waals surface area (Å²) in [5, 5.41) is 1.54. The van der Waals surface area contributed by atoms with E-state index in [4.69, 9.17) is 11.6 Å². The highest BCUT2D eigenvalue weighted by Crippen LogP contribution is 2.32. The molecule has 0 aliphatic rings. The third-order valence-electron chi connectivity index (χ3n) is 2.89. The summed E-state index contributed by atoms with van der Waals surface area (Å²) in [6, 6.07) is 4.55. The largest absolute Gasteiger partial charge is 0.207 e. The van der Waals surface area contributed by atoms with E-state index in [0.29, 0.717) is 10.9 Å². The van der Waals surface area contributed by atoms with Crippen LogP contribution in [0.15, 0.2) is 18.2 Å². The van der Waals surface area contributed by atoms with Gasteiger partial charge in [-0.05, 0) is 41.5 Å². The summed E-state index contributed by atoms with van der Waals surface area (Å²) >= 11 is 9.58. The molecule has 0 saturated carbocycles. The molecule has 0 bridgehead atoms. The number of halogens is 3. The predicted molar refractivity (Wildman–Crippen MR) is 71.9 cm³/mol. The van der Waals surface area contributed by atoms with Crippen LogP contribution in [0.25, 0.3) is 0 Å². The van der Waals surface area contributed by atoms with Gasteiger partial charge in [0.2, 0.25) is 0 Å². The van der Waals surface area contributed by atoms with Crippen LogP contribution < -0.4 is 0 Å². The Hall–Kier alpha value is -0.0800. The maximum absolute atomic E-state index is 13.1. The highest BCUT2D eigenvalue weighted by Gasteiger charge is 2.24. The Morgan fingerprint density at radius 3 is 2.50 bits per heavy atom. The molecule has 90 valence electrons. The fourth-order valence-corrected chi connectivity index (χ4v) is 2.95. The van der Waals surface area contributed by atoms with Gasteiger partial charge < -0.3 is 0 Å². The Morgan fingerprint density at radius 2 is 2.00 bits per heavy atom. The van der Waals surface area contributed by atoms with Crippen molar-refractivity contribution in [2.45, 2.75) is 27.2 Å². The standard InChI is InChI=1S/C13H17BrClF/c1-13(2,3)10(8-14)6-9-7-11(16)4-5-12(9)15/h4-5,7,10H,6,8H2,1-3H3. The maximum Gasteiger partial charge on any atom is 0.123 e. The number of hydrogen-bond donors (Lipinski definition) is 0. The van der Waals surface area contributed by atoms with Crippen molar-refractivity contribution < 1.29 is 4.39 Å². The molecule has 1 unspecified atom stereocenters. The second-order valence-electron chi connectivity index (χ2n) is 5.16. The second-order valence-corrected chi connectivity index (χ2v) is 6.21. The highest BCUT2D eigenvalue weighted by molar-refractivity contribution is 9.09. The van der Waals surface area contributed by atoms with Crippen molar-refractivity contribution in [3.05, 3.63) is 34.6 Å². The first-order valence-electron chi connectivity index (χ1n) is 5.34. The van der Waals surface area contributed by atoms with Crippen LogP contribution in [-0.4, -0.2) is 5.33 Å². The molecule has 0 fully saturated rings. The van der Waals surface area contributed by atoms with Crippen LogP contribution >= 0.6 is 27.5 Å². The monoisotopic (exact) mass is 306 g/mol. The van der Waals surface area contributed by atoms with Gasteiger partial charge in [0.15, 0.2) is 0 Å². The molecule has 0 saturated heterocycles. The minimum atomic E-state index is -0.221. The van der Waals surface area contributed by atoms with Gasteiger partial charge >= 0.3 is 0 Å². The van der Waals surface area contributed by atoms with Crippen molar-refractivity contribution in [3.8, 4) is 0 Å². The zero-order valence-electron chi connectivity index (χ0n) is 9.86. The molecule has 0 amide bonds. The molecule has 1 atom stereocenters. The minimum absolute atomic E-state index is 0.180. The van der Waals surface area contributed by atoms with Gasteiger partial charge in [0.1, 0.15) is 5.82 Å². The van der Waals surface area contributed by atoms with Crippen molar-refractivity contribution in [2.24, 2.45) is 11.3 Å². The minimum Gasteiger partial charge on any atom is -0.207 e. The summed E-state index contributed by atoms with van der Waals surface area (Å²) < 4.78 is 13.1. The lowest BCUT2D eigenvalue weighted by Gasteiger charge is -2.29. The Bertz CT molecular complexity index is 357. The molecule has 0 aliphatic heterocycles. The predicted octanol–water partition coefficient (Wildman–Crippen LogP) is 5.08. The molecule has 3 heteroatoms. The van der Waals surface area contributed by atoms with Crippen LogP contribution in [0.1, 0.15) is 26.3 Å². The van der Waals surface area contributed by atoms with Gasteiger partial charge in [0.05, 0.1) is 0 Å². The Labute approximate surface area is 110 Å². The van der Waals surface area contributed by atoms with Crippen LogP contribution in [0.5, 0.6) is 0 Å². The molecule has 0 aliphatic carbocycles. The Kier molecular flexibility index (Phi) is 4.81. The van der Waals surface area contributed by atoms with E-state index in [2.05, 4.69) is 36.7 Å². The average Bonchev–Trinajstić information content (AvgIpc) is 2.17. The number of benzene rings is 1. The topological polar surface area (TPSA) is 0 Å². The maximum atomic E-state index is 13.1. The highest BCUT2D eigenvalue weighted by atomic mass is 79.9. The van der Waals surface area contributed by atoms with Gasteiger partial charge in [-0.3, -0.25) is 0 Å². The zero-order chi connectivity index (χ0) is 12.3. The average molecular weight is 308 g/mol. The molecule has 0 heterocycles. The summed E-state index contributed by atoms with van der Waals surface area (Å²) in [5.41, 5.74) is 1.07. The first kappa shape index (κ1) is 14.0. The molecule has 1 aromatic rings. The van der Waals surface area contributed by atoms with Crippen LogP contribution in [0.3, 0.4) is 0 Å². The van der Waals surface area contributed by atoms with Crippen LogP contribution in [0.4, 0.5) is 4.39 Å². The summed E-state index contributed by atoms with van der Waals surface area (Å²) in [7, 11) is 0. The van der Waals surface area contributed by atoms with Crippen molar-refractivity contribution in [2.75, 3.05) is 5.33 Å². The van der Waals surface area contributed by atoms with E-state index in [9.17, 15) is 4.39 Å². The van der Waals surface area contributed by atoms with Crippen LogP contribution in [0, 0.1) is 17.2 Å². The van der Waals surface area contributed by atoms with E-state index < -0.39 is 0 Å². The van der Waals surface area contributed by atoms with Gasteiger partial charge in [0.25, 0.3) is 0 Å². The molecule has 16 heavy (non-hydrogen) atoms. The molecule has 0 aromatic heterocycles. The van der Waals surface area contributed by atoms with E-state index in [-0.39, 0.29) is 11.2 Å². The summed E-state index contributed by atoms with van der Waals surface area (Å²) in [6.07, 6.45) is 0.797. The quantitative estimate of drug-likeness (QED) is 0.683. The zero-order valence-corrected chi connectivity index (χ0v) is 12.2. The van der Waals surface area contributed by atoms with Crippen LogP contribution in [0.2, 0.25) is 5.02 Å². The van der Waals surface area contributed by atoms with Gasteiger partial charge in [-0.25, -0.2) is 4.39 Å². The van der Waals surface area contributed by atoms with Crippen molar-refractivity contribution in [1.82, 2.24) is 0 Å². The number of rotatable bonds is 3. The van der Waals surface area contributed by atoms with E-state index >= 15 is 0 Å². The molecule has 1 aromatic carbocycles. The molecule has 1 rings (SSSR count). The van der Waals surface area contributed by atoms with E-state index in [1.54, 1.807) is 6.07 Å². The van der Waals surface area contributed by atoms with E-state index in [0.717, 1.165) is 17.3 Å². The smallest absolute Gasteiger partial charge is 0.123 e. The molecular weight excluding hydrogens is 290 g/mol. The summed E-state index contributed by atoms with van der Waals surface area (Å²) in [4.78, 5) is 0. The second kappa shape index (κ2) is 5.50. The van der Waals surface area contributed by atoms with E-state index in [1.807, 2.05) is 0 Å². The Morgan fingerprint density at radius 1 is 1.38 bits per heavy atom. The van der Waals surface area contributed by atoms with Crippen molar-refractivity contribution in [1.29, 1.82) is 0 Å². The van der Waals surface area contributed by atoms with Gasteiger partial charge in [-0.1, -0.05) is 48.3 Å².